The summed E-state index contributed by atoms with van der Waals surface area (Å²) in [6.45, 7) is 7.87. The van der Waals surface area contributed by atoms with Crippen LogP contribution in [0.2, 0.25) is 0 Å². The van der Waals surface area contributed by atoms with Crippen molar-refractivity contribution in [2.45, 2.75) is 19.8 Å². The van der Waals surface area contributed by atoms with Gasteiger partial charge in [-0.05, 0) is 19.1 Å². The first-order valence-electron chi connectivity index (χ1n) is 6.13. The van der Waals surface area contributed by atoms with E-state index in [0.717, 1.165) is 11.3 Å². The van der Waals surface area contributed by atoms with Crippen molar-refractivity contribution in [2.24, 2.45) is 0 Å². The Bertz CT molecular complexity index is 603. The fourth-order valence-electron chi connectivity index (χ4n) is 1.86. The topological polar surface area (TPSA) is 17.3 Å². The maximum atomic E-state index is 4.64. The van der Waals surface area contributed by atoms with Gasteiger partial charge in [-0.1, -0.05) is 49.9 Å². The third-order valence-electron chi connectivity index (χ3n) is 2.94. The quantitative estimate of drug-likeness (QED) is 0.735. The highest BCUT2D eigenvalue weighted by atomic mass is 15.0. The molecule has 0 aliphatic rings. The predicted molar refractivity (Wildman–Crippen MR) is 76.8 cm³/mol. The van der Waals surface area contributed by atoms with Gasteiger partial charge in [-0.25, -0.2) is 4.98 Å². The number of hydrogen-bond donors (Lipinski definition) is 0. The Kier molecular flexibility index (Phi) is 3.78. The summed E-state index contributed by atoms with van der Waals surface area (Å²) in [6, 6.07) is 6.16. The molecule has 0 radical (unpaired) electrons. The van der Waals surface area contributed by atoms with E-state index in [1.54, 1.807) is 6.08 Å². The standard InChI is InChI=1S/C16H18N2/c1-4-5-6-7-9-13(2)15-12-18-14(3)10-8-11-16(18)17-15/h4-13H,1H2,2-3H3/b6-5-,9-7-. The first-order valence-corrected chi connectivity index (χ1v) is 6.13. The first-order chi connectivity index (χ1) is 8.72. The molecule has 0 aromatic carbocycles. The van der Waals surface area contributed by atoms with Crippen molar-refractivity contribution in [3.8, 4) is 0 Å². The van der Waals surface area contributed by atoms with Crippen LogP contribution in [-0.4, -0.2) is 9.38 Å². The van der Waals surface area contributed by atoms with Gasteiger partial charge in [0, 0.05) is 17.8 Å². The molecule has 0 N–H and O–H groups in total. The minimum atomic E-state index is 0.304. The van der Waals surface area contributed by atoms with E-state index in [9.17, 15) is 0 Å². The van der Waals surface area contributed by atoms with Crippen LogP contribution in [0.5, 0.6) is 0 Å². The van der Waals surface area contributed by atoms with Crippen molar-refractivity contribution in [2.75, 3.05) is 0 Å². The Morgan fingerprint density at radius 1 is 1.28 bits per heavy atom. The van der Waals surface area contributed by atoms with E-state index >= 15 is 0 Å². The van der Waals surface area contributed by atoms with Crippen molar-refractivity contribution in [1.29, 1.82) is 0 Å². The van der Waals surface area contributed by atoms with Crippen molar-refractivity contribution in [3.05, 3.63) is 72.7 Å². The lowest BCUT2D eigenvalue weighted by Gasteiger charge is -1.99. The lowest BCUT2D eigenvalue weighted by molar-refractivity contribution is 0.922. The molecule has 2 heteroatoms. The monoisotopic (exact) mass is 238 g/mol. The molecular formula is C16H18N2. The lowest BCUT2D eigenvalue weighted by atomic mass is 10.1. The van der Waals surface area contributed by atoms with Crippen LogP contribution >= 0.6 is 0 Å². The molecule has 2 aromatic rings. The van der Waals surface area contributed by atoms with E-state index in [0.29, 0.717) is 5.92 Å². The molecule has 0 saturated carbocycles. The molecule has 0 spiro atoms. The number of hydrogen-bond acceptors (Lipinski definition) is 1. The second-order valence-corrected chi connectivity index (χ2v) is 4.36. The predicted octanol–water partition coefficient (Wildman–Crippen LogP) is 4.04. The van der Waals surface area contributed by atoms with Crippen LogP contribution in [0.3, 0.4) is 0 Å². The maximum absolute atomic E-state index is 4.64. The smallest absolute Gasteiger partial charge is 0.137 e. The van der Waals surface area contributed by atoms with Gasteiger partial charge in [0.1, 0.15) is 5.65 Å². The fraction of sp³-hybridized carbons (Fsp3) is 0.188. The summed E-state index contributed by atoms with van der Waals surface area (Å²) in [4.78, 5) is 4.64. The van der Waals surface area contributed by atoms with E-state index in [1.165, 1.54) is 5.69 Å². The van der Waals surface area contributed by atoms with Gasteiger partial charge in [0.05, 0.1) is 5.69 Å². The van der Waals surface area contributed by atoms with Crippen LogP contribution in [-0.2, 0) is 0 Å². The summed E-state index contributed by atoms with van der Waals surface area (Å²) in [7, 11) is 0. The zero-order chi connectivity index (χ0) is 13.0. The summed E-state index contributed by atoms with van der Waals surface area (Å²) >= 11 is 0. The Labute approximate surface area is 108 Å². The van der Waals surface area contributed by atoms with Crippen LogP contribution in [0.25, 0.3) is 5.65 Å². The third kappa shape index (κ3) is 2.59. The molecule has 2 nitrogen and oxygen atoms in total. The van der Waals surface area contributed by atoms with Gasteiger partial charge in [0.2, 0.25) is 0 Å². The number of imidazole rings is 1. The zero-order valence-corrected chi connectivity index (χ0v) is 10.9. The Morgan fingerprint density at radius 2 is 2.11 bits per heavy atom. The maximum Gasteiger partial charge on any atom is 0.137 e. The highest BCUT2D eigenvalue weighted by Gasteiger charge is 2.07. The molecule has 2 heterocycles. The summed E-state index contributed by atoms with van der Waals surface area (Å²) in [5.74, 6) is 0.304. The number of aromatic nitrogens is 2. The van der Waals surface area contributed by atoms with Crippen LogP contribution < -0.4 is 0 Å². The minimum Gasteiger partial charge on any atom is -0.304 e. The molecule has 2 aromatic heterocycles. The van der Waals surface area contributed by atoms with Crippen molar-refractivity contribution >= 4 is 5.65 Å². The molecule has 0 aliphatic heterocycles. The molecule has 0 bridgehead atoms. The first kappa shape index (κ1) is 12.4. The van der Waals surface area contributed by atoms with Gasteiger partial charge >= 0.3 is 0 Å². The van der Waals surface area contributed by atoms with Gasteiger partial charge in [0.15, 0.2) is 0 Å². The van der Waals surface area contributed by atoms with E-state index in [2.05, 4.69) is 48.2 Å². The average molecular weight is 238 g/mol. The molecule has 0 aliphatic carbocycles. The van der Waals surface area contributed by atoms with Gasteiger partial charge in [0.25, 0.3) is 0 Å². The second-order valence-electron chi connectivity index (χ2n) is 4.36. The SMILES string of the molecule is C=C/C=C\C=C/C(C)c1cn2c(C)cccc2n1. The Balaban J connectivity index is 2.25. The van der Waals surface area contributed by atoms with Crippen molar-refractivity contribution in [3.63, 3.8) is 0 Å². The molecule has 0 fully saturated rings. The summed E-state index contributed by atoms with van der Waals surface area (Å²) in [5.41, 5.74) is 3.30. The lowest BCUT2D eigenvalue weighted by Crippen LogP contribution is -1.88. The largest absolute Gasteiger partial charge is 0.304 e. The number of rotatable bonds is 4. The molecule has 1 atom stereocenters. The average Bonchev–Trinajstić information content (AvgIpc) is 2.80. The number of aryl methyl sites for hydroxylation is 1. The van der Waals surface area contributed by atoms with Crippen LogP contribution in [0, 0.1) is 6.92 Å². The number of nitrogens with zero attached hydrogens (tertiary/aromatic N) is 2. The van der Waals surface area contributed by atoms with E-state index in [-0.39, 0.29) is 0 Å². The summed E-state index contributed by atoms with van der Waals surface area (Å²) in [5, 5.41) is 0. The number of allylic oxidation sites excluding steroid dienone is 5. The van der Waals surface area contributed by atoms with Gasteiger partial charge in [-0.3, -0.25) is 0 Å². The number of pyridine rings is 1. The van der Waals surface area contributed by atoms with Crippen LogP contribution in [0.15, 0.2) is 61.4 Å². The molecule has 92 valence electrons. The molecule has 0 amide bonds. The highest BCUT2D eigenvalue weighted by molar-refractivity contribution is 5.42. The molecule has 18 heavy (non-hydrogen) atoms. The van der Waals surface area contributed by atoms with Crippen molar-refractivity contribution < 1.29 is 0 Å². The summed E-state index contributed by atoms with van der Waals surface area (Å²) in [6.07, 6.45) is 11.9. The van der Waals surface area contributed by atoms with Gasteiger partial charge < -0.3 is 4.40 Å². The van der Waals surface area contributed by atoms with Gasteiger partial charge in [-0.15, -0.1) is 0 Å². The fourth-order valence-corrected chi connectivity index (χ4v) is 1.86. The van der Waals surface area contributed by atoms with Crippen LogP contribution in [0.4, 0.5) is 0 Å². The third-order valence-corrected chi connectivity index (χ3v) is 2.94. The normalized spacial score (nSPS) is 13.7. The Hall–Kier alpha value is -2.09. The van der Waals surface area contributed by atoms with E-state index in [1.807, 2.05) is 30.4 Å². The molecular weight excluding hydrogens is 220 g/mol. The van der Waals surface area contributed by atoms with E-state index in [4.69, 9.17) is 0 Å². The van der Waals surface area contributed by atoms with Crippen LogP contribution in [0.1, 0.15) is 24.2 Å². The second kappa shape index (κ2) is 5.50. The highest BCUT2D eigenvalue weighted by Crippen LogP contribution is 2.17. The summed E-state index contributed by atoms with van der Waals surface area (Å²) < 4.78 is 2.12. The van der Waals surface area contributed by atoms with E-state index < -0.39 is 0 Å². The molecule has 2 rings (SSSR count). The molecule has 1 unspecified atom stereocenters. The minimum absolute atomic E-state index is 0.304. The zero-order valence-electron chi connectivity index (χ0n) is 10.9. The molecule has 0 saturated heterocycles. The van der Waals surface area contributed by atoms with Crippen molar-refractivity contribution in [1.82, 2.24) is 9.38 Å². The number of fused-ring (bicyclic) bond motifs is 1. The Morgan fingerprint density at radius 3 is 2.83 bits per heavy atom. The van der Waals surface area contributed by atoms with Gasteiger partial charge in [-0.2, -0.15) is 0 Å².